The van der Waals surface area contributed by atoms with Crippen LogP contribution in [0.3, 0.4) is 0 Å². The number of fused-ring (bicyclic) bond motifs is 1. The zero-order valence-electron chi connectivity index (χ0n) is 18.4. The maximum absolute atomic E-state index is 12.9. The summed E-state index contributed by atoms with van der Waals surface area (Å²) in [6.07, 6.45) is -3.28. The summed E-state index contributed by atoms with van der Waals surface area (Å²) in [5.41, 5.74) is 3.84. The number of imide groups is 1. The molecular weight excluding hydrogens is 453 g/mol. The van der Waals surface area contributed by atoms with Gasteiger partial charge in [-0.25, -0.2) is 9.59 Å². The fourth-order valence-electron chi connectivity index (χ4n) is 3.59. The molecule has 0 bridgehead atoms. The van der Waals surface area contributed by atoms with Gasteiger partial charge in [0, 0.05) is 29.2 Å². The lowest BCUT2D eigenvalue weighted by molar-refractivity contribution is -0.192. The van der Waals surface area contributed by atoms with Crippen LogP contribution in [0.15, 0.2) is 54.7 Å². The molecule has 1 aliphatic heterocycles. The van der Waals surface area contributed by atoms with Gasteiger partial charge in [-0.3, -0.25) is 9.69 Å². The molecule has 4 rings (SSSR count). The molecule has 180 valence electrons. The normalized spacial score (nSPS) is 15.9. The number of carbonyl (C=O) groups is 3. The molecule has 8 nitrogen and oxygen atoms in total. The zero-order chi connectivity index (χ0) is 25.0. The molecule has 1 saturated heterocycles. The number of carboxylic acids is 1. The van der Waals surface area contributed by atoms with E-state index >= 15 is 0 Å². The van der Waals surface area contributed by atoms with Gasteiger partial charge < -0.3 is 20.3 Å². The second-order valence-corrected chi connectivity index (χ2v) is 7.96. The van der Waals surface area contributed by atoms with Crippen LogP contribution in [0.5, 0.6) is 0 Å². The number of hydrogen-bond donors (Lipinski definition) is 3. The van der Waals surface area contributed by atoms with E-state index in [-0.39, 0.29) is 18.5 Å². The molecule has 0 radical (unpaired) electrons. The van der Waals surface area contributed by atoms with Crippen LogP contribution in [0.2, 0.25) is 0 Å². The van der Waals surface area contributed by atoms with Crippen molar-refractivity contribution >= 4 is 28.8 Å². The van der Waals surface area contributed by atoms with E-state index in [0.717, 1.165) is 34.1 Å². The van der Waals surface area contributed by atoms with Gasteiger partial charge in [0.15, 0.2) is 0 Å². The van der Waals surface area contributed by atoms with E-state index < -0.39 is 18.2 Å². The molecule has 0 spiro atoms. The third kappa shape index (κ3) is 5.73. The second kappa shape index (κ2) is 9.96. The molecule has 1 aliphatic rings. The fraction of sp³-hybridized carbons (Fsp3) is 0.261. The number of benzene rings is 2. The monoisotopic (exact) mass is 476 g/mol. The molecule has 1 fully saturated rings. The number of nitrogens with zero attached hydrogens (tertiary/aromatic N) is 2. The summed E-state index contributed by atoms with van der Waals surface area (Å²) in [5, 5.41) is 10.9. The first kappa shape index (κ1) is 24.8. The van der Waals surface area contributed by atoms with Crippen molar-refractivity contribution in [3.05, 3.63) is 71.4 Å². The largest absolute Gasteiger partial charge is 0.490 e. The maximum Gasteiger partial charge on any atom is 0.490 e. The average Bonchev–Trinajstić information content (AvgIpc) is 3.29. The van der Waals surface area contributed by atoms with Gasteiger partial charge in [-0.05, 0) is 31.3 Å². The van der Waals surface area contributed by atoms with Crippen LogP contribution in [-0.4, -0.2) is 58.1 Å². The Morgan fingerprint density at radius 1 is 1.09 bits per heavy atom. The molecule has 3 aromatic rings. The van der Waals surface area contributed by atoms with Crippen molar-refractivity contribution in [3.63, 3.8) is 0 Å². The number of urea groups is 1. The first-order valence-corrected chi connectivity index (χ1v) is 10.2. The number of H-pyrrole nitrogens is 1. The van der Waals surface area contributed by atoms with Gasteiger partial charge in [0.05, 0.1) is 6.54 Å². The van der Waals surface area contributed by atoms with Crippen LogP contribution >= 0.6 is 0 Å². The van der Waals surface area contributed by atoms with Crippen molar-refractivity contribution in [3.8, 4) is 0 Å². The number of hydrogen-bond acceptors (Lipinski definition) is 4. The number of aliphatic carboxylic acids is 1. The minimum absolute atomic E-state index is 0.220. The summed E-state index contributed by atoms with van der Waals surface area (Å²) < 4.78 is 31.7. The molecule has 0 aliphatic carbocycles. The number of rotatable bonds is 5. The van der Waals surface area contributed by atoms with Crippen LogP contribution in [0, 0.1) is 0 Å². The van der Waals surface area contributed by atoms with E-state index in [9.17, 15) is 22.8 Å². The number of carbonyl (C=O) groups excluding carboxylic acids is 2. The molecule has 1 atom stereocenters. The minimum Gasteiger partial charge on any atom is -0.475 e. The smallest absolute Gasteiger partial charge is 0.475 e. The average molecular weight is 476 g/mol. The van der Waals surface area contributed by atoms with Crippen LogP contribution in [0.25, 0.3) is 10.9 Å². The Morgan fingerprint density at radius 2 is 1.74 bits per heavy atom. The highest BCUT2D eigenvalue weighted by Crippen LogP contribution is 2.29. The van der Waals surface area contributed by atoms with Crippen molar-refractivity contribution in [2.45, 2.75) is 25.3 Å². The predicted octanol–water partition coefficient (Wildman–Crippen LogP) is 3.66. The number of carboxylic acid groups (broad SMARTS) is 1. The Balaban J connectivity index is 0.000000406. The molecule has 34 heavy (non-hydrogen) atoms. The highest BCUT2D eigenvalue weighted by atomic mass is 19.4. The van der Waals surface area contributed by atoms with Crippen LogP contribution in [-0.2, 0) is 22.7 Å². The van der Waals surface area contributed by atoms with Crippen LogP contribution in [0.4, 0.5) is 18.0 Å². The lowest BCUT2D eigenvalue weighted by Gasteiger charge is -2.15. The Bertz CT molecular complexity index is 1210. The number of para-hydroxylation sites is 1. The molecule has 0 saturated carbocycles. The van der Waals surface area contributed by atoms with E-state index in [1.807, 2.05) is 62.6 Å². The predicted molar refractivity (Wildman–Crippen MR) is 118 cm³/mol. The van der Waals surface area contributed by atoms with Crippen LogP contribution < -0.4 is 5.32 Å². The molecule has 3 N–H and O–H groups in total. The highest BCUT2D eigenvalue weighted by Gasteiger charge is 2.40. The van der Waals surface area contributed by atoms with Gasteiger partial charge in [-0.15, -0.1) is 0 Å². The molecule has 2 aromatic carbocycles. The second-order valence-electron chi connectivity index (χ2n) is 7.96. The number of alkyl halides is 3. The highest BCUT2D eigenvalue weighted by molar-refractivity contribution is 6.06. The van der Waals surface area contributed by atoms with E-state index in [2.05, 4.69) is 15.2 Å². The standard InChI is InChI=1S/C21H22N4O2.C2HF3O2/c1-24(2)12-14-6-5-7-15(10-14)13-25-20(26)19(23-21(25)27)17-11-22-18-9-4-3-8-16(17)18;3-2(4,5)1(6)7/h3-11,19,22H,12-13H2,1-2H3,(H,23,27);(H,6,7). The van der Waals surface area contributed by atoms with Gasteiger partial charge >= 0.3 is 18.2 Å². The van der Waals surface area contributed by atoms with Crippen molar-refractivity contribution in [1.29, 1.82) is 0 Å². The summed E-state index contributed by atoms with van der Waals surface area (Å²) in [5.74, 6) is -2.98. The topological polar surface area (TPSA) is 106 Å². The molecular formula is C23H23F3N4O4. The number of amides is 3. The van der Waals surface area contributed by atoms with Gasteiger partial charge in [-0.2, -0.15) is 13.2 Å². The third-order valence-corrected chi connectivity index (χ3v) is 5.03. The van der Waals surface area contributed by atoms with E-state index in [1.165, 1.54) is 4.90 Å². The Hall–Kier alpha value is -3.86. The van der Waals surface area contributed by atoms with Gasteiger partial charge in [0.1, 0.15) is 6.04 Å². The van der Waals surface area contributed by atoms with Gasteiger partial charge in [0.2, 0.25) is 0 Å². The van der Waals surface area contributed by atoms with Gasteiger partial charge in [0.25, 0.3) is 5.91 Å². The molecule has 11 heteroatoms. The minimum atomic E-state index is -5.08. The van der Waals surface area contributed by atoms with Crippen molar-refractivity contribution in [2.75, 3.05) is 14.1 Å². The number of aromatic amines is 1. The Morgan fingerprint density at radius 3 is 2.38 bits per heavy atom. The first-order valence-electron chi connectivity index (χ1n) is 10.2. The van der Waals surface area contributed by atoms with Crippen LogP contribution in [0.1, 0.15) is 22.7 Å². The lowest BCUT2D eigenvalue weighted by atomic mass is 10.1. The van der Waals surface area contributed by atoms with E-state index in [0.29, 0.717) is 0 Å². The summed E-state index contributed by atoms with van der Waals surface area (Å²) in [4.78, 5) is 40.9. The summed E-state index contributed by atoms with van der Waals surface area (Å²) in [6, 6.07) is 14.8. The van der Waals surface area contributed by atoms with E-state index in [4.69, 9.17) is 9.90 Å². The Kier molecular flexibility index (Phi) is 7.26. The van der Waals surface area contributed by atoms with Crippen molar-refractivity contribution < 1.29 is 32.7 Å². The summed E-state index contributed by atoms with van der Waals surface area (Å²) >= 11 is 0. The third-order valence-electron chi connectivity index (χ3n) is 5.03. The molecule has 2 heterocycles. The number of halogens is 3. The molecule has 3 amide bonds. The van der Waals surface area contributed by atoms with E-state index in [1.54, 1.807) is 6.20 Å². The number of aromatic nitrogens is 1. The van der Waals surface area contributed by atoms with Crippen molar-refractivity contribution in [1.82, 2.24) is 20.1 Å². The van der Waals surface area contributed by atoms with Crippen molar-refractivity contribution in [2.24, 2.45) is 0 Å². The molecule has 1 aromatic heterocycles. The zero-order valence-corrected chi connectivity index (χ0v) is 18.4. The maximum atomic E-state index is 12.9. The summed E-state index contributed by atoms with van der Waals surface area (Å²) in [7, 11) is 4.02. The Labute approximate surface area is 193 Å². The quantitative estimate of drug-likeness (QED) is 0.488. The lowest BCUT2D eigenvalue weighted by Crippen LogP contribution is -2.30. The van der Waals surface area contributed by atoms with Gasteiger partial charge in [-0.1, -0.05) is 42.5 Å². The fourth-order valence-corrected chi connectivity index (χ4v) is 3.59. The SMILES string of the molecule is CN(C)Cc1cccc(CN2C(=O)NC(c3c[nH]c4ccccc34)C2=O)c1.O=C(O)C(F)(F)F. The molecule has 1 unspecified atom stereocenters. The number of nitrogens with one attached hydrogen (secondary N) is 2. The summed E-state index contributed by atoms with van der Waals surface area (Å²) in [6.45, 7) is 1.08. The first-order chi connectivity index (χ1) is 16.0.